The van der Waals surface area contributed by atoms with Crippen LogP contribution >= 0.6 is 0 Å². The van der Waals surface area contributed by atoms with Gasteiger partial charge in [-0.1, -0.05) is 0 Å². The van der Waals surface area contributed by atoms with E-state index < -0.39 is 0 Å². The summed E-state index contributed by atoms with van der Waals surface area (Å²) in [5.74, 6) is -0.238. The second-order valence-electron chi connectivity index (χ2n) is 5.62. The molecule has 0 bridgehead atoms. The Morgan fingerprint density at radius 1 is 0.900 bits per heavy atom. The molecule has 5 nitrogen and oxygen atoms in total. The predicted octanol–water partition coefficient (Wildman–Crippen LogP) is 0.832. The van der Waals surface area contributed by atoms with Gasteiger partial charge < -0.3 is 15.7 Å². The van der Waals surface area contributed by atoms with E-state index in [4.69, 9.17) is 0 Å². The summed E-state index contributed by atoms with van der Waals surface area (Å²) in [6.45, 7) is 0. The lowest BCUT2D eigenvalue weighted by Crippen LogP contribution is -2.46. The van der Waals surface area contributed by atoms with Crippen LogP contribution in [-0.2, 0) is 0 Å². The molecule has 106 valence electrons. The molecule has 20 heavy (non-hydrogen) atoms. The average molecular weight is 274 g/mol. The molecule has 2 aliphatic carbocycles. The van der Waals surface area contributed by atoms with Gasteiger partial charge in [0.05, 0.1) is 6.10 Å². The van der Waals surface area contributed by atoms with E-state index in [0.717, 1.165) is 12.8 Å². The number of carbonyl (C=O) groups is 2. The van der Waals surface area contributed by atoms with Crippen LogP contribution < -0.4 is 10.6 Å². The minimum Gasteiger partial charge on any atom is -0.393 e. The van der Waals surface area contributed by atoms with Crippen molar-refractivity contribution >= 4 is 11.8 Å². The average Bonchev–Trinajstić information content (AvgIpc) is 3.21. The third-order valence-corrected chi connectivity index (χ3v) is 3.77. The first kappa shape index (κ1) is 13.1. The van der Waals surface area contributed by atoms with Crippen molar-refractivity contribution in [2.75, 3.05) is 0 Å². The van der Waals surface area contributed by atoms with Gasteiger partial charge in [0.15, 0.2) is 0 Å². The monoisotopic (exact) mass is 274 g/mol. The minimum absolute atomic E-state index is 0.0651. The van der Waals surface area contributed by atoms with E-state index in [1.165, 1.54) is 0 Å². The third kappa shape index (κ3) is 2.99. The van der Waals surface area contributed by atoms with Crippen LogP contribution in [0.4, 0.5) is 0 Å². The first-order chi connectivity index (χ1) is 9.61. The summed E-state index contributed by atoms with van der Waals surface area (Å²) in [5.41, 5.74) is 1.11. The van der Waals surface area contributed by atoms with Crippen molar-refractivity contribution in [3.63, 3.8) is 0 Å². The van der Waals surface area contributed by atoms with E-state index in [-0.39, 0.29) is 24.0 Å². The van der Waals surface area contributed by atoms with Crippen LogP contribution in [0.2, 0.25) is 0 Å². The second-order valence-corrected chi connectivity index (χ2v) is 5.62. The third-order valence-electron chi connectivity index (χ3n) is 3.77. The molecule has 0 radical (unpaired) electrons. The van der Waals surface area contributed by atoms with Crippen LogP contribution in [0.1, 0.15) is 46.4 Å². The number of carbonyl (C=O) groups excluding carboxylic acids is 2. The number of hydrogen-bond acceptors (Lipinski definition) is 3. The van der Waals surface area contributed by atoms with Crippen molar-refractivity contribution < 1.29 is 14.7 Å². The lowest BCUT2D eigenvalue weighted by atomic mass is 9.89. The Morgan fingerprint density at radius 2 is 1.35 bits per heavy atom. The molecule has 2 aliphatic rings. The number of aliphatic hydroxyl groups excluding tert-OH is 1. The number of rotatable bonds is 4. The normalized spacial score (nSPS) is 24.6. The molecule has 2 amide bonds. The molecule has 2 saturated carbocycles. The van der Waals surface area contributed by atoms with Crippen molar-refractivity contribution in [1.29, 1.82) is 0 Å². The predicted molar refractivity (Wildman–Crippen MR) is 73.4 cm³/mol. The standard InChI is InChI=1S/C15H18N2O3/c18-13-7-12(8-13)17-15(20)10-3-1-9(2-4-10)14(19)16-11-5-6-11/h1-4,11-13,18H,5-8H2,(H,16,19)(H,17,20). The molecule has 2 fully saturated rings. The maximum Gasteiger partial charge on any atom is 0.251 e. The fraction of sp³-hybridized carbons (Fsp3) is 0.467. The topological polar surface area (TPSA) is 78.4 Å². The maximum atomic E-state index is 11.9. The Kier molecular flexibility index (Phi) is 3.44. The van der Waals surface area contributed by atoms with Crippen molar-refractivity contribution in [2.45, 2.75) is 43.9 Å². The van der Waals surface area contributed by atoms with Gasteiger partial charge in [-0.05, 0) is 49.9 Å². The van der Waals surface area contributed by atoms with Crippen molar-refractivity contribution in [2.24, 2.45) is 0 Å². The van der Waals surface area contributed by atoms with Gasteiger partial charge in [0.25, 0.3) is 11.8 Å². The molecular formula is C15H18N2O3. The molecule has 0 aromatic heterocycles. The highest BCUT2D eigenvalue weighted by Crippen LogP contribution is 2.20. The zero-order valence-corrected chi connectivity index (χ0v) is 11.1. The Labute approximate surface area is 117 Å². The van der Waals surface area contributed by atoms with Gasteiger partial charge in [-0.2, -0.15) is 0 Å². The first-order valence-corrected chi connectivity index (χ1v) is 7.01. The SMILES string of the molecule is O=C(NC1CC1)c1ccc(C(=O)NC2CC(O)C2)cc1. The quantitative estimate of drug-likeness (QED) is 0.761. The summed E-state index contributed by atoms with van der Waals surface area (Å²) < 4.78 is 0. The van der Waals surface area contributed by atoms with Gasteiger partial charge >= 0.3 is 0 Å². The van der Waals surface area contributed by atoms with Crippen LogP contribution in [0.3, 0.4) is 0 Å². The largest absolute Gasteiger partial charge is 0.393 e. The molecular weight excluding hydrogens is 256 g/mol. The Balaban J connectivity index is 1.57. The van der Waals surface area contributed by atoms with Crippen molar-refractivity contribution in [1.82, 2.24) is 10.6 Å². The van der Waals surface area contributed by atoms with Gasteiger partial charge in [-0.3, -0.25) is 9.59 Å². The van der Waals surface area contributed by atoms with E-state index in [1.807, 2.05) is 0 Å². The Hall–Kier alpha value is -1.88. The number of hydrogen-bond donors (Lipinski definition) is 3. The lowest BCUT2D eigenvalue weighted by Gasteiger charge is -2.31. The van der Waals surface area contributed by atoms with Crippen LogP contribution in [0.15, 0.2) is 24.3 Å². The number of nitrogens with one attached hydrogen (secondary N) is 2. The van der Waals surface area contributed by atoms with Gasteiger partial charge in [0.2, 0.25) is 0 Å². The lowest BCUT2D eigenvalue weighted by molar-refractivity contribution is 0.0562. The molecule has 1 aromatic rings. The fourth-order valence-corrected chi connectivity index (χ4v) is 2.24. The molecule has 0 heterocycles. The van der Waals surface area contributed by atoms with Crippen LogP contribution in [0.25, 0.3) is 0 Å². The number of benzene rings is 1. The van der Waals surface area contributed by atoms with E-state index in [1.54, 1.807) is 24.3 Å². The van der Waals surface area contributed by atoms with Crippen LogP contribution in [-0.4, -0.2) is 35.1 Å². The summed E-state index contributed by atoms with van der Waals surface area (Å²) in [7, 11) is 0. The van der Waals surface area contributed by atoms with E-state index in [9.17, 15) is 14.7 Å². The molecule has 1 aromatic carbocycles. The van der Waals surface area contributed by atoms with E-state index in [0.29, 0.717) is 30.0 Å². The summed E-state index contributed by atoms with van der Waals surface area (Å²) in [6.07, 6.45) is 3.06. The summed E-state index contributed by atoms with van der Waals surface area (Å²) in [6, 6.07) is 7.05. The highest BCUT2D eigenvalue weighted by molar-refractivity contribution is 5.98. The highest BCUT2D eigenvalue weighted by atomic mass is 16.3. The number of aliphatic hydroxyl groups is 1. The molecule has 0 atom stereocenters. The van der Waals surface area contributed by atoms with E-state index >= 15 is 0 Å². The second kappa shape index (κ2) is 5.25. The Morgan fingerprint density at radius 3 is 1.75 bits per heavy atom. The molecule has 0 aliphatic heterocycles. The zero-order valence-electron chi connectivity index (χ0n) is 11.1. The molecule has 3 rings (SSSR count). The van der Waals surface area contributed by atoms with Crippen molar-refractivity contribution in [3.05, 3.63) is 35.4 Å². The highest BCUT2D eigenvalue weighted by Gasteiger charge is 2.28. The zero-order chi connectivity index (χ0) is 14.1. The summed E-state index contributed by atoms with van der Waals surface area (Å²) >= 11 is 0. The van der Waals surface area contributed by atoms with Gasteiger partial charge in [0.1, 0.15) is 0 Å². The van der Waals surface area contributed by atoms with Gasteiger partial charge in [-0.15, -0.1) is 0 Å². The Bertz CT molecular complexity index is 516. The molecule has 5 heteroatoms. The number of amides is 2. The van der Waals surface area contributed by atoms with Gasteiger partial charge in [-0.25, -0.2) is 0 Å². The maximum absolute atomic E-state index is 11.9. The molecule has 0 spiro atoms. The summed E-state index contributed by atoms with van der Waals surface area (Å²) in [4.78, 5) is 23.7. The molecule has 3 N–H and O–H groups in total. The first-order valence-electron chi connectivity index (χ1n) is 7.01. The van der Waals surface area contributed by atoms with Crippen LogP contribution in [0, 0.1) is 0 Å². The summed E-state index contributed by atoms with van der Waals surface area (Å²) in [5, 5.41) is 14.9. The van der Waals surface area contributed by atoms with Crippen molar-refractivity contribution in [3.8, 4) is 0 Å². The van der Waals surface area contributed by atoms with E-state index in [2.05, 4.69) is 10.6 Å². The molecule has 0 saturated heterocycles. The van der Waals surface area contributed by atoms with Crippen LogP contribution in [0.5, 0.6) is 0 Å². The molecule has 0 unspecified atom stereocenters. The fourth-order valence-electron chi connectivity index (χ4n) is 2.24. The van der Waals surface area contributed by atoms with Gasteiger partial charge in [0, 0.05) is 23.2 Å². The smallest absolute Gasteiger partial charge is 0.251 e. The minimum atomic E-state index is -0.284.